The SMILES string of the molecule is CC.Cc1cc(F)c2c(c1)CN(C(=O)c1ccc3nc(-c4ccc(OCc5ccccc5)nc4OCc4ccccc4)oc3c1)C2. The van der Waals surface area contributed by atoms with Gasteiger partial charge in [-0.1, -0.05) is 80.6 Å². The summed E-state index contributed by atoms with van der Waals surface area (Å²) in [6.45, 7) is 7.09. The van der Waals surface area contributed by atoms with Gasteiger partial charge >= 0.3 is 0 Å². The number of oxazole rings is 1. The minimum Gasteiger partial charge on any atom is -0.473 e. The largest absolute Gasteiger partial charge is 0.473 e. The summed E-state index contributed by atoms with van der Waals surface area (Å²) in [5, 5.41) is 0. The van der Waals surface area contributed by atoms with E-state index in [0.717, 1.165) is 22.3 Å². The number of nitrogens with zero attached hydrogens (tertiary/aromatic N) is 3. The van der Waals surface area contributed by atoms with Crippen LogP contribution in [0, 0.1) is 12.7 Å². The maximum Gasteiger partial charge on any atom is 0.254 e. The Morgan fingerprint density at radius 3 is 2.24 bits per heavy atom. The van der Waals surface area contributed by atoms with Gasteiger partial charge in [0.05, 0.1) is 5.56 Å². The first kappa shape index (κ1) is 30.5. The quantitative estimate of drug-likeness (QED) is 0.171. The van der Waals surface area contributed by atoms with E-state index in [2.05, 4.69) is 9.97 Å². The minimum absolute atomic E-state index is 0.202. The van der Waals surface area contributed by atoms with Crippen LogP contribution < -0.4 is 9.47 Å². The number of halogens is 1. The van der Waals surface area contributed by atoms with Crippen LogP contribution in [0.15, 0.2) is 108 Å². The number of benzene rings is 4. The van der Waals surface area contributed by atoms with E-state index in [9.17, 15) is 9.18 Å². The number of fused-ring (bicyclic) bond motifs is 2. The highest BCUT2D eigenvalue weighted by molar-refractivity contribution is 5.97. The number of carbonyl (C=O) groups excluding carboxylic acids is 1. The molecule has 7 nitrogen and oxygen atoms in total. The molecule has 0 aliphatic carbocycles. The number of carbonyl (C=O) groups is 1. The van der Waals surface area contributed by atoms with Crippen molar-refractivity contribution in [2.75, 3.05) is 0 Å². The van der Waals surface area contributed by atoms with Gasteiger partial charge in [-0.3, -0.25) is 4.79 Å². The fraction of sp³-hybridized carbons (Fsp3) is 0.184. The Morgan fingerprint density at radius 1 is 0.826 bits per heavy atom. The molecule has 0 unspecified atom stereocenters. The highest BCUT2D eigenvalue weighted by Gasteiger charge is 2.27. The summed E-state index contributed by atoms with van der Waals surface area (Å²) in [4.78, 5) is 24.4. The molecule has 0 saturated heterocycles. The molecular formula is C38H34FN3O4. The van der Waals surface area contributed by atoms with Crippen LogP contribution in [0.2, 0.25) is 0 Å². The molecule has 0 atom stereocenters. The molecule has 1 amide bonds. The Balaban J connectivity index is 0.00000182. The summed E-state index contributed by atoms with van der Waals surface area (Å²) in [5.74, 6) is 0.547. The Kier molecular flexibility index (Phi) is 9.06. The van der Waals surface area contributed by atoms with Crippen LogP contribution >= 0.6 is 0 Å². The monoisotopic (exact) mass is 615 g/mol. The van der Waals surface area contributed by atoms with E-state index in [-0.39, 0.29) is 18.3 Å². The third kappa shape index (κ3) is 6.61. The highest BCUT2D eigenvalue weighted by Crippen LogP contribution is 2.34. The van der Waals surface area contributed by atoms with Gasteiger partial charge in [0.2, 0.25) is 17.7 Å². The standard InChI is InChI=1S/C36H28FN3O4.C2H6/c1-23-16-27-19-40(20-29(27)30(37)17-23)36(41)26-12-14-31-32(18-26)44-35(38-31)28-13-15-33(42-21-24-8-4-2-5-9-24)39-34(28)43-22-25-10-6-3-7-11-25;1-2/h2-18H,19-22H2,1H3;1-2H3. The van der Waals surface area contributed by atoms with Gasteiger partial charge in [0.25, 0.3) is 5.91 Å². The van der Waals surface area contributed by atoms with Crippen LogP contribution in [-0.2, 0) is 26.3 Å². The van der Waals surface area contributed by atoms with E-state index in [1.165, 1.54) is 6.07 Å². The van der Waals surface area contributed by atoms with E-state index >= 15 is 0 Å². The van der Waals surface area contributed by atoms with E-state index in [1.54, 1.807) is 29.2 Å². The van der Waals surface area contributed by atoms with Gasteiger partial charge in [-0.15, -0.1) is 0 Å². The van der Waals surface area contributed by atoms with E-state index in [0.29, 0.717) is 65.2 Å². The van der Waals surface area contributed by atoms with Crippen LogP contribution in [0.3, 0.4) is 0 Å². The average molecular weight is 616 g/mol. The van der Waals surface area contributed by atoms with Crippen molar-refractivity contribution in [1.82, 2.24) is 14.9 Å². The van der Waals surface area contributed by atoms with E-state index < -0.39 is 0 Å². The second kappa shape index (κ2) is 13.6. The number of rotatable bonds is 8. The maximum absolute atomic E-state index is 14.5. The zero-order valence-corrected chi connectivity index (χ0v) is 26.0. The van der Waals surface area contributed by atoms with Gasteiger partial charge in [0.1, 0.15) is 24.5 Å². The van der Waals surface area contributed by atoms with E-state index in [4.69, 9.17) is 13.9 Å². The van der Waals surface area contributed by atoms with Crippen LogP contribution in [0.5, 0.6) is 11.8 Å². The van der Waals surface area contributed by atoms with Crippen LogP contribution in [0.1, 0.15) is 52.0 Å². The molecule has 7 rings (SSSR count). The molecule has 0 spiro atoms. The molecule has 0 bridgehead atoms. The Bertz CT molecular complexity index is 1980. The third-order valence-corrected chi connectivity index (χ3v) is 7.58. The van der Waals surface area contributed by atoms with Crippen molar-refractivity contribution < 1.29 is 23.1 Å². The van der Waals surface area contributed by atoms with Crippen LogP contribution in [-0.4, -0.2) is 20.8 Å². The molecule has 46 heavy (non-hydrogen) atoms. The van der Waals surface area contributed by atoms with Gasteiger partial charge in [-0.2, -0.15) is 4.98 Å². The molecule has 2 aromatic heterocycles. The van der Waals surface area contributed by atoms with Gasteiger partial charge in [0.15, 0.2) is 5.58 Å². The molecule has 8 heteroatoms. The van der Waals surface area contributed by atoms with Gasteiger partial charge in [0, 0.05) is 30.3 Å². The molecule has 4 aromatic carbocycles. The normalized spacial score (nSPS) is 12.0. The molecule has 0 saturated carbocycles. The average Bonchev–Trinajstić information content (AvgIpc) is 3.72. The summed E-state index contributed by atoms with van der Waals surface area (Å²) in [6.07, 6.45) is 0. The Morgan fingerprint density at radius 2 is 1.52 bits per heavy atom. The van der Waals surface area contributed by atoms with Crippen molar-refractivity contribution in [3.63, 3.8) is 0 Å². The predicted molar refractivity (Wildman–Crippen MR) is 175 cm³/mol. The number of pyridine rings is 1. The molecule has 1 aliphatic rings. The molecule has 1 aliphatic heterocycles. The lowest BCUT2D eigenvalue weighted by atomic mass is 10.1. The molecule has 0 N–H and O–H groups in total. The van der Waals surface area contributed by atoms with Crippen molar-refractivity contribution in [3.05, 3.63) is 142 Å². The lowest BCUT2D eigenvalue weighted by Gasteiger charge is -2.15. The first-order valence-corrected chi connectivity index (χ1v) is 15.3. The summed E-state index contributed by atoms with van der Waals surface area (Å²) in [5.41, 5.74) is 6.27. The van der Waals surface area contributed by atoms with Crippen LogP contribution in [0.25, 0.3) is 22.6 Å². The zero-order valence-electron chi connectivity index (χ0n) is 26.0. The van der Waals surface area contributed by atoms with Crippen molar-refractivity contribution in [3.8, 4) is 23.2 Å². The van der Waals surface area contributed by atoms with Crippen molar-refractivity contribution in [2.24, 2.45) is 0 Å². The number of hydrogen-bond donors (Lipinski definition) is 0. The van der Waals surface area contributed by atoms with Crippen molar-refractivity contribution in [1.29, 1.82) is 0 Å². The lowest BCUT2D eigenvalue weighted by molar-refractivity contribution is 0.0750. The molecule has 0 radical (unpaired) electrons. The second-order valence-electron chi connectivity index (χ2n) is 10.8. The Hall–Kier alpha value is -5.50. The zero-order chi connectivity index (χ0) is 32.0. The van der Waals surface area contributed by atoms with Crippen molar-refractivity contribution >= 4 is 17.0 Å². The minimum atomic E-state index is -0.277. The maximum atomic E-state index is 14.5. The molecule has 6 aromatic rings. The highest BCUT2D eigenvalue weighted by atomic mass is 19.1. The Labute approximate surface area is 267 Å². The molecule has 232 valence electrons. The van der Waals surface area contributed by atoms with Gasteiger partial charge in [-0.05, 0) is 59.5 Å². The fourth-order valence-corrected chi connectivity index (χ4v) is 5.35. The summed E-state index contributed by atoms with van der Waals surface area (Å²) in [6, 6.07) is 31.8. The smallest absolute Gasteiger partial charge is 0.254 e. The number of hydrogen-bond acceptors (Lipinski definition) is 6. The molecule has 0 fully saturated rings. The summed E-state index contributed by atoms with van der Waals surface area (Å²) in [7, 11) is 0. The second-order valence-corrected chi connectivity index (χ2v) is 10.8. The van der Waals surface area contributed by atoms with Crippen LogP contribution in [0.4, 0.5) is 4.39 Å². The third-order valence-electron chi connectivity index (χ3n) is 7.58. The summed E-state index contributed by atoms with van der Waals surface area (Å²) >= 11 is 0. The molecular weight excluding hydrogens is 581 g/mol. The first-order chi connectivity index (χ1) is 22.5. The number of amides is 1. The van der Waals surface area contributed by atoms with Gasteiger partial charge in [-0.25, -0.2) is 9.37 Å². The fourth-order valence-electron chi connectivity index (χ4n) is 5.35. The van der Waals surface area contributed by atoms with Crippen molar-refractivity contribution in [2.45, 2.75) is 47.1 Å². The lowest BCUT2D eigenvalue weighted by Crippen LogP contribution is -2.25. The number of aromatic nitrogens is 2. The van der Waals surface area contributed by atoms with E-state index in [1.807, 2.05) is 93.6 Å². The van der Waals surface area contributed by atoms with Gasteiger partial charge < -0.3 is 18.8 Å². The first-order valence-electron chi connectivity index (χ1n) is 15.3. The molecule has 3 heterocycles. The predicted octanol–water partition coefficient (Wildman–Crippen LogP) is 8.68. The topological polar surface area (TPSA) is 77.7 Å². The number of aryl methyl sites for hydroxylation is 1. The number of ether oxygens (including phenoxy) is 2. The summed E-state index contributed by atoms with van der Waals surface area (Å²) < 4.78 is 32.8.